The summed E-state index contributed by atoms with van der Waals surface area (Å²) in [4.78, 5) is 4.71. The van der Waals surface area contributed by atoms with Gasteiger partial charge in [-0.25, -0.2) is 22.8 Å². The summed E-state index contributed by atoms with van der Waals surface area (Å²) in [7, 11) is 1.79. The van der Waals surface area contributed by atoms with Gasteiger partial charge in [0.25, 0.3) is 6.43 Å². The summed E-state index contributed by atoms with van der Waals surface area (Å²) >= 11 is 0. The Hall–Kier alpha value is -3.16. The minimum Gasteiger partial charge on any atom is -0.272 e. The van der Waals surface area contributed by atoms with E-state index < -0.39 is 6.43 Å². The average Bonchev–Trinajstić information content (AvgIpc) is 3.40. The first-order valence-corrected chi connectivity index (χ1v) is 9.40. The van der Waals surface area contributed by atoms with Gasteiger partial charge in [0, 0.05) is 29.8 Å². The number of halogens is 3. The Labute approximate surface area is 164 Å². The first kappa shape index (κ1) is 17.9. The zero-order chi connectivity index (χ0) is 20.3. The maximum atomic E-state index is 14.1. The van der Waals surface area contributed by atoms with Gasteiger partial charge in [0.1, 0.15) is 5.82 Å². The van der Waals surface area contributed by atoms with Crippen LogP contribution in [-0.2, 0) is 7.05 Å². The van der Waals surface area contributed by atoms with Crippen molar-refractivity contribution in [1.82, 2.24) is 24.5 Å². The van der Waals surface area contributed by atoms with Crippen molar-refractivity contribution in [2.75, 3.05) is 0 Å². The van der Waals surface area contributed by atoms with Crippen molar-refractivity contribution in [3.05, 3.63) is 59.3 Å². The van der Waals surface area contributed by atoms with Crippen LogP contribution in [0.3, 0.4) is 0 Å². The third kappa shape index (κ3) is 2.90. The largest absolute Gasteiger partial charge is 0.272 e. The highest BCUT2D eigenvalue weighted by Crippen LogP contribution is 2.45. The molecule has 3 aromatic heterocycles. The molecule has 0 spiro atoms. The zero-order valence-corrected chi connectivity index (χ0v) is 15.9. The van der Waals surface area contributed by atoms with Crippen LogP contribution in [0.4, 0.5) is 13.2 Å². The van der Waals surface area contributed by atoms with Crippen molar-refractivity contribution in [3.63, 3.8) is 0 Å². The summed E-state index contributed by atoms with van der Waals surface area (Å²) in [6.45, 7) is 1.86. The van der Waals surface area contributed by atoms with E-state index in [1.807, 2.05) is 6.92 Å². The van der Waals surface area contributed by atoms with Crippen molar-refractivity contribution < 1.29 is 13.2 Å². The number of nitrogens with zero attached hydrogens (tertiary/aromatic N) is 5. The Morgan fingerprint density at radius 2 is 1.86 bits per heavy atom. The maximum Gasteiger partial charge on any atom is 0.264 e. The molecule has 29 heavy (non-hydrogen) atoms. The van der Waals surface area contributed by atoms with E-state index in [-0.39, 0.29) is 17.3 Å². The first-order chi connectivity index (χ1) is 13.9. The van der Waals surface area contributed by atoms with E-state index in [0.29, 0.717) is 33.7 Å². The van der Waals surface area contributed by atoms with Crippen LogP contribution in [0.15, 0.2) is 36.5 Å². The number of rotatable bonds is 4. The van der Waals surface area contributed by atoms with Gasteiger partial charge in [-0.05, 0) is 50.1 Å². The van der Waals surface area contributed by atoms with Crippen molar-refractivity contribution in [1.29, 1.82) is 0 Å². The number of hydrogen-bond acceptors (Lipinski definition) is 3. The van der Waals surface area contributed by atoms with Gasteiger partial charge in [-0.3, -0.25) is 4.68 Å². The third-order valence-corrected chi connectivity index (χ3v) is 5.48. The van der Waals surface area contributed by atoms with Crippen molar-refractivity contribution >= 4 is 11.0 Å². The first-order valence-electron chi connectivity index (χ1n) is 9.40. The smallest absolute Gasteiger partial charge is 0.264 e. The van der Waals surface area contributed by atoms with Gasteiger partial charge >= 0.3 is 0 Å². The van der Waals surface area contributed by atoms with E-state index in [9.17, 15) is 13.2 Å². The average molecular weight is 397 g/mol. The van der Waals surface area contributed by atoms with E-state index >= 15 is 0 Å². The number of pyridine rings is 1. The third-order valence-electron chi connectivity index (χ3n) is 5.48. The lowest BCUT2D eigenvalue weighted by Crippen LogP contribution is -2.00. The van der Waals surface area contributed by atoms with Crippen LogP contribution in [-0.4, -0.2) is 24.5 Å². The highest BCUT2D eigenvalue weighted by atomic mass is 19.3. The Balaban J connectivity index is 1.83. The molecule has 1 aromatic carbocycles. The summed E-state index contributed by atoms with van der Waals surface area (Å²) in [5.74, 6) is -0.218. The monoisotopic (exact) mass is 397 g/mol. The van der Waals surface area contributed by atoms with Crippen LogP contribution in [0.5, 0.6) is 0 Å². The van der Waals surface area contributed by atoms with Crippen molar-refractivity contribution in [2.45, 2.75) is 32.1 Å². The fraction of sp³-hybridized carbons (Fsp3) is 0.286. The number of alkyl halides is 2. The Morgan fingerprint density at radius 1 is 1.14 bits per heavy atom. The van der Waals surface area contributed by atoms with Gasteiger partial charge in [0.15, 0.2) is 5.65 Å². The molecule has 0 radical (unpaired) electrons. The molecule has 0 saturated heterocycles. The molecule has 0 atom stereocenters. The van der Waals surface area contributed by atoms with Crippen LogP contribution < -0.4 is 0 Å². The Kier molecular flexibility index (Phi) is 3.97. The Morgan fingerprint density at radius 3 is 2.45 bits per heavy atom. The van der Waals surface area contributed by atoms with Crippen LogP contribution in [0, 0.1) is 12.7 Å². The van der Waals surface area contributed by atoms with Gasteiger partial charge in [0.2, 0.25) is 0 Å². The number of aryl methyl sites for hydroxylation is 1. The quantitative estimate of drug-likeness (QED) is 0.482. The van der Waals surface area contributed by atoms with Gasteiger partial charge in [-0.1, -0.05) is 0 Å². The number of fused-ring (bicyclic) bond motifs is 1. The molecule has 3 heterocycles. The van der Waals surface area contributed by atoms with E-state index in [0.717, 1.165) is 18.5 Å². The second-order valence-corrected chi connectivity index (χ2v) is 7.41. The van der Waals surface area contributed by atoms with Crippen LogP contribution in [0.25, 0.3) is 28.0 Å². The predicted octanol–water partition coefficient (Wildman–Crippen LogP) is 5.08. The van der Waals surface area contributed by atoms with Crippen LogP contribution >= 0.6 is 0 Å². The highest BCUT2D eigenvalue weighted by molar-refractivity contribution is 5.87. The molecule has 5 nitrogen and oxygen atoms in total. The molecule has 0 bridgehead atoms. The molecule has 1 fully saturated rings. The van der Waals surface area contributed by atoms with Crippen molar-refractivity contribution in [3.8, 4) is 16.9 Å². The summed E-state index contributed by atoms with van der Waals surface area (Å²) in [5.41, 5.74) is 3.43. The second kappa shape index (κ2) is 6.43. The minimum atomic E-state index is -2.67. The molecule has 0 N–H and O–H groups in total. The molecule has 148 valence electrons. The fourth-order valence-electron chi connectivity index (χ4n) is 3.64. The number of hydrogen-bond donors (Lipinski definition) is 0. The molecule has 8 heteroatoms. The summed E-state index contributed by atoms with van der Waals surface area (Å²) in [5, 5.41) is 9.24. The molecular weight excluding hydrogens is 379 g/mol. The fourth-order valence-corrected chi connectivity index (χ4v) is 3.64. The lowest BCUT2D eigenvalue weighted by Gasteiger charge is -2.09. The summed E-state index contributed by atoms with van der Waals surface area (Å²) < 4.78 is 44.8. The lowest BCUT2D eigenvalue weighted by molar-refractivity contribution is 0.153. The van der Waals surface area contributed by atoms with Gasteiger partial charge in [-0.15, -0.1) is 0 Å². The van der Waals surface area contributed by atoms with E-state index in [1.54, 1.807) is 34.7 Å². The lowest BCUT2D eigenvalue weighted by atomic mass is 10.0. The number of benzene rings is 1. The Bertz CT molecular complexity index is 1220. The normalized spacial score (nSPS) is 14.3. The van der Waals surface area contributed by atoms with Gasteiger partial charge < -0.3 is 0 Å². The molecule has 0 amide bonds. The topological polar surface area (TPSA) is 48.5 Å². The van der Waals surface area contributed by atoms with Crippen LogP contribution in [0.2, 0.25) is 0 Å². The van der Waals surface area contributed by atoms with Gasteiger partial charge in [0.05, 0.1) is 28.7 Å². The minimum absolute atomic E-state index is 0.0801. The van der Waals surface area contributed by atoms with Gasteiger partial charge in [-0.2, -0.15) is 10.2 Å². The number of aromatic nitrogens is 5. The van der Waals surface area contributed by atoms with E-state index in [1.165, 1.54) is 18.2 Å². The van der Waals surface area contributed by atoms with E-state index in [4.69, 9.17) is 4.98 Å². The molecule has 5 rings (SSSR count). The van der Waals surface area contributed by atoms with Crippen LogP contribution in [0.1, 0.15) is 42.1 Å². The standard InChI is InChI=1S/C21H18F3N5/c1-11-16(10-25-28(11)2)17-9-15(20(23)24)18-19(12-3-4-12)27-29(21(18)26-17)14-7-5-13(22)6-8-14/h5-10,12,20H,3-4H2,1-2H3. The molecule has 1 aliphatic rings. The highest BCUT2D eigenvalue weighted by Gasteiger charge is 2.33. The summed E-state index contributed by atoms with van der Waals surface area (Å²) in [6.07, 6.45) is 0.794. The molecule has 4 aromatic rings. The summed E-state index contributed by atoms with van der Waals surface area (Å²) in [6, 6.07) is 7.24. The molecule has 1 saturated carbocycles. The zero-order valence-electron chi connectivity index (χ0n) is 15.9. The second-order valence-electron chi connectivity index (χ2n) is 7.41. The predicted molar refractivity (Wildman–Crippen MR) is 103 cm³/mol. The molecule has 1 aliphatic carbocycles. The van der Waals surface area contributed by atoms with Crippen molar-refractivity contribution in [2.24, 2.45) is 7.05 Å². The maximum absolute atomic E-state index is 14.1. The molecular formula is C21H18F3N5. The van der Waals surface area contributed by atoms with E-state index in [2.05, 4.69) is 10.2 Å². The molecule has 0 unspecified atom stereocenters. The molecule has 0 aliphatic heterocycles. The SMILES string of the molecule is Cc1c(-c2cc(C(F)F)c3c(C4CC4)nn(-c4ccc(F)cc4)c3n2)cnn1C.